The van der Waals surface area contributed by atoms with Gasteiger partial charge in [-0.05, 0) is 48.9 Å². The van der Waals surface area contributed by atoms with Crippen molar-refractivity contribution in [3.63, 3.8) is 0 Å². The van der Waals surface area contributed by atoms with Gasteiger partial charge < -0.3 is 16.0 Å². The molecule has 2 aromatic carbocycles. The van der Waals surface area contributed by atoms with Crippen LogP contribution in [0.4, 0.5) is 14.5 Å². The maximum absolute atomic E-state index is 13.6. The maximum atomic E-state index is 13.6. The lowest BCUT2D eigenvalue weighted by molar-refractivity contribution is -0.128. The summed E-state index contributed by atoms with van der Waals surface area (Å²) in [6.07, 6.45) is 0. The summed E-state index contributed by atoms with van der Waals surface area (Å²) in [5.74, 6) is -3.33. The van der Waals surface area contributed by atoms with Gasteiger partial charge in [-0.3, -0.25) is 14.4 Å². The van der Waals surface area contributed by atoms with E-state index in [2.05, 4.69) is 16.0 Å². The number of carbonyl (C=O) groups is 3. The summed E-state index contributed by atoms with van der Waals surface area (Å²) in [7, 11) is 1.39. The number of anilines is 1. The van der Waals surface area contributed by atoms with E-state index in [1.165, 1.54) is 31.8 Å². The molecular weight excluding hydrogens is 400 g/mol. The first-order chi connectivity index (χ1) is 13.7. The number of amides is 3. The first-order valence-electron chi connectivity index (χ1n) is 8.72. The number of likely N-dealkylation sites (N-methyl/N-ethyl adjacent to an activating group) is 1. The van der Waals surface area contributed by atoms with Crippen molar-refractivity contribution >= 4 is 35.2 Å². The molecule has 0 aromatic heterocycles. The van der Waals surface area contributed by atoms with E-state index in [-0.39, 0.29) is 11.5 Å². The second kappa shape index (κ2) is 10.0. The predicted molar refractivity (Wildman–Crippen MR) is 107 cm³/mol. The second-order valence-corrected chi connectivity index (χ2v) is 7.61. The average Bonchev–Trinajstić information content (AvgIpc) is 2.68. The van der Waals surface area contributed by atoms with E-state index in [1.807, 2.05) is 0 Å². The van der Waals surface area contributed by atoms with Crippen LogP contribution in [0.15, 0.2) is 47.4 Å². The molecule has 2 unspecified atom stereocenters. The molecule has 6 nitrogen and oxygen atoms in total. The van der Waals surface area contributed by atoms with Gasteiger partial charge in [0.2, 0.25) is 17.7 Å². The van der Waals surface area contributed by atoms with Crippen molar-refractivity contribution in [2.75, 3.05) is 12.4 Å². The van der Waals surface area contributed by atoms with Crippen molar-refractivity contribution < 1.29 is 23.2 Å². The van der Waals surface area contributed by atoms with Crippen LogP contribution in [0.1, 0.15) is 25.5 Å². The van der Waals surface area contributed by atoms with Crippen LogP contribution in [-0.4, -0.2) is 30.0 Å². The number of rotatable bonds is 7. The largest absolute Gasteiger partial charge is 0.357 e. The highest BCUT2D eigenvalue weighted by atomic mass is 32.2. The summed E-state index contributed by atoms with van der Waals surface area (Å²) < 4.78 is 26.7. The highest BCUT2D eigenvalue weighted by molar-refractivity contribution is 8.00. The standard InChI is InChI=1S/C20H21F2N3O3S/c1-11(29-15-7-5-14(6-8-15)24-12(2)26)19(27)25-18(20(28)23-3)13-4-9-16(21)17(22)10-13/h4-11,18H,1-3H3,(H,23,28)(H,24,26)(H,25,27). The Kier molecular flexibility index (Phi) is 7.72. The Labute approximate surface area is 171 Å². The van der Waals surface area contributed by atoms with E-state index >= 15 is 0 Å². The van der Waals surface area contributed by atoms with Crippen LogP contribution in [0.5, 0.6) is 0 Å². The van der Waals surface area contributed by atoms with Gasteiger partial charge in [0.05, 0.1) is 5.25 Å². The van der Waals surface area contributed by atoms with Crippen LogP contribution in [0.2, 0.25) is 0 Å². The third-order valence-corrected chi connectivity index (χ3v) is 5.04. The van der Waals surface area contributed by atoms with Crippen LogP contribution in [0.25, 0.3) is 0 Å². The first-order valence-corrected chi connectivity index (χ1v) is 9.60. The van der Waals surface area contributed by atoms with E-state index in [9.17, 15) is 23.2 Å². The predicted octanol–water partition coefficient (Wildman–Crippen LogP) is 3.01. The summed E-state index contributed by atoms with van der Waals surface area (Å²) in [5.41, 5.74) is 0.769. The molecule has 9 heteroatoms. The van der Waals surface area contributed by atoms with Crippen LogP contribution in [0.3, 0.4) is 0 Å². The minimum absolute atomic E-state index is 0.133. The van der Waals surface area contributed by atoms with Gasteiger partial charge in [0.25, 0.3) is 0 Å². The van der Waals surface area contributed by atoms with Crippen molar-refractivity contribution in [2.24, 2.45) is 0 Å². The fourth-order valence-corrected chi connectivity index (χ4v) is 3.35. The fraction of sp³-hybridized carbons (Fsp3) is 0.250. The van der Waals surface area contributed by atoms with Crippen molar-refractivity contribution in [3.8, 4) is 0 Å². The number of carbonyl (C=O) groups excluding carboxylic acids is 3. The number of hydrogen-bond acceptors (Lipinski definition) is 4. The second-order valence-electron chi connectivity index (χ2n) is 6.20. The molecule has 2 atom stereocenters. The van der Waals surface area contributed by atoms with Crippen LogP contribution < -0.4 is 16.0 Å². The Hall–Kier alpha value is -2.94. The van der Waals surface area contributed by atoms with Gasteiger partial charge in [-0.1, -0.05) is 6.07 Å². The molecule has 3 N–H and O–H groups in total. The minimum Gasteiger partial charge on any atom is -0.357 e. The Morgan fingerprint density at radius 3 is 2.17 bits per heavy atom. The summed E-state index contributed by atoms with van der Waals surface area (Å²) in [4.78, 5) is 36.6. The van der Waals surface area contributed by atoms with Crippen LogP contribution >= 0.6 is 11.8 Å². The fourth-order valence-electron chi connectivity index (χ4n) is 2.47. The number of hydrogen-bond donors (Lipinski definition) is 3. The van der Waals surface area contributed by atoms with Gasteiger partial charge >= 0.3 is 0 Å². The molecule has 0 aliphatic rings. The highest BCUT2D eigenvalue weighted by Gasteiger charge is 2.25. The number of thioether (sulfide) groups is 1. The third-order valence-electron chi connectivity index (χ3n) is 3.93. The Bertz CT molecular complexity index is 906. The van der Waals surface area contributed by atoms with Crippen LogP contribution in [-0.2, 0) is 14.4 Å². The lowest BCUT2D eigenvalue weighted by Crippen LogP contribution is -2.42. The Morgan fingerprint density at radius 2 is 1.62 bits per heavy atom. The van der Waals surface area contributed by atoms with Gasteiger partial charge in [0.1, 0.15) is 6.04 Å². The summed E-state index contributed by atoms with van der Waals surface area (Å²) in [6.45, 7) is 3.07. The zero-order valence-electron chi connectivity index (χ0n) is 16.1. The Balaban J connectivity index is 2.08. The monoisotopic (exact) mass is 421 g/mol. The normalized spacial score (nSPS) is 12.6. The molecule has 0 saturated heterocycles. The number of halogens is 2. The van der Waals surface area contributed by atoms with E-state index in [4.69, 9.17) is 0 Å². The van der Waals surface area contributed by atoms with Gasteiger partial charge in [-0.2, -0.15) is 0 Å². The lowest BCUT2D eigenvalue weighted by atomic mass is 10.1. The Morgan fingerprint density at radius 1 is 0.966 bits per heavy atom. The smallest absolute Gasteiger partial charge is 0.246 e. The zero-order valence-corrected chi connectivity index (χ0v) is 16.9. The summed E-state index contributed by atoms with van der Waals surface area (Å²) in [6, 6.07) is 8.81. The van der Waals surface area contributed by atoms with Gasteiger partial charge in [-0.15, -0.1) is 11.8 Å². The molecule has 0 bridgehead atoms. The molecule has 0 saturated carbocycles. The number of benzene rings is 2. The van der Waals surface area contributed by atoms with Crippen molar-refractivity contribution in [3.05, 3.63) is 59.7 Å². The third kappa shape index (κ3) is 6.28. The SMILES string of the molecule is CNC(=O)C(NC(=O)C(C)Sc1ccc(NC(C)=O)cc1)c1ccc(F)c(F)c1. The summed E-state index contributed by atoms with van der Waals surface area (Å²) >= 11 is 1.25. The molecule has 2 aromatic rings. The first kappa shape index (κ1) is 22.4. The topological polar surface area (TPSA) is 87.3 Å². The van der Waals surface area contributed by atoms with E-state index in [0.717, 1.165) is 17.0 Å². The molecule has 0 aliphatic heterocycles. The molecule has 0 radical (unpaired) electrons. The van der Waals surface area contributed by atoms with E-state index < -0.39 is 34.7 Å². The molecule has 0 spiro atoms. The highest BCUT2D eigenvalue weighted by Crippen LogP contribution is 2.26. The molecule has 0 aliphatic carbocycles. The molecule has 0 heterocycles. The molecule has 3 amide bonds. The van der Waals surface area contributed by atoms with Gasteiger partial charge in [0, 0.05) is 24.6 Å². The quantitative estimate of drug-likeness (QED) is 0.600. The van der Waals surface area contributed by atoms with E-state index in [1.54, 1.807) is 31.2 Å². The molecule has 154 valence electrons. The van der Waals surface area contributed by atoms with Crippen LogP contribution in [0, 0.1) is 11.6 Å². The molecular formula is C20H21F2N3O3S. The minimum atomic E-state index is -1.16. The van der Waals surface area contributed by atoms with Gasteiger partial charge in [-0.25, -0.2) is 8.78 Å². The van der Waals surface area contributed by atoms with E-state index in [0.29, 0.717) is 5.69 Å². The van der Waals surface area contributed by atoms with Gasteiger partial charge in [0.15, 0.2) is 11.6 Å². The zero-order chi connectivity index (χ0) is 21.6. The van der Waals surface area contributed by atoms with Crippen molar-refractivity contribution in [2.45, 2.75) is 30.0 Å². The number of nitrogens with one attached hydrogen (secondary N) is 3. The van der Waals surface area contributed by atoms with Crippen molar-refractivity contribution in [1.82, 2.24) is 10.6 Å². The molecule has 2 rings (SSSR count). The lowest BCUT2D eigenvalue weighted by Gasteiger charge is -2.20. The summed E-state index contributed by atoms with van der Waals surface area (Å²) in [5, 5.41) is 7.05. The molecule has 29 heavy (non-hydrogen) atoms. The average molecular weight is 421 g/mol. The maximum Gasteiger partial charge on any atom is 0.246 e. The van der Waals surface area contributed by atoms with Crippen molar-refractivity contribution in [1.29, 1.82) is 0 Å². The molecule has 0 fully saturated rings.